The Hall–Kier alpha value is -2.34. The summed E-state index contributed by atoms with van der Waals surface area (Å²) in [6.07, 6.45) is 5.02. The fourth-order valence-corrected chi connectivity index (χ4v) is 4.85. The van der Waals surface area contributed by atoms with Crippen LogP contribution in [-0.4, -0.2) is 15.9 Å². The number of aromatic nitrogens is 2. The molecule has 0 saturated heterocycles. The SMILES string of the molecule is Cc1c(F)cccc1Cl.O=c1cc(C2CC3CCC(F)(F)C3C2)[nH]c2ccncc12. The van der Waals surface area contributed by atoms with Crippen molar-refractivity contribution in [1.82, 2.24) is 9.97 Å². The Morgan fingerprint density at radius 1 is 1.23 bits per heavy atom. The van der Waals surface area contributed by atoms with Crippen LogP contribution < -0.4 is 5.43 Å². The van der Waals surface area contributed by atoms with E-state index < -0.39 is 11.8 Å². The molecule has 5 rings (SSSR count). The molecule has 7 heteroatoms. The molecule has 3 nitrogen and oxygen atoms in total. The van der Waals surface area contributed by atoms with Crippen molar-refractivity contribution >= 4 is 22.5 Å². The van der Waals surface area contributed by atoms with Crippen molar-refractivity contribution in [2.45, 2.75) is 44.4 Å². The van der Waals surface area contributed by atoms with Gasteiger partial charge in [-0.1, -0.05) is 17.7 Å². The van der Waals surface area contributed by atoms with E-state index in [0.29, 0.717) is 28.8 Å². The average molecular weight is 435 g/mol. The number of aromatic amines is 1. The highest BCUT2D eigenvalue weighted by atomic mass is 35.5. The molecule has 30 heavy (non-hydrogen) atoms. The molecule has 0 bridgehead atoms. The van der Waals surface area contributed by atoms with Crippen molar-refractivity contribution in [2.24, 2.45) is 11.8 Å². The lowest BCUT2D eigenvalue weighted by Crippen LogP contribution is -2.22. The fraction of sp³-hybridized carbons (Fsp3) is 0.391. The Morgan fingerprint density at radius 3 is 2.73 bits per heavy atom. The predicted molar refractivity (Wildman–Crippen MR) is 112 cm³/mol. The first-order valence-corrected chi connectivity index (χ1v) is 10.4. The number of alkyl halides is 2. The highest BCUT2D eigenvalue weighted by molar-refractivity contribution is 6.31. The van der Waals surface area contributed by atoms with Crippen LogP contribution in [0.2, 0.25) is 5.02 Å². The Bertz CT molecular complexity index is 1110. The van der Waals surface area contributed by atoms with Crippen LogP contribution >= 0.6 is 11.6 Å². The van der Waals surface area contributed by atoms with E-state index >= 15 is 0 Å². The molecule has 1 aromatic carbocycles. The molecule has 3 aromatic rings. The summed E-state index contributed by atoms with van der Waals surface area (Å²) in [5.74, 6) is -3.15. The summed E-state index contributed by atoms with van der Waals surface area (Å²) in [5, 5.41) is 1.03. The smallest absolute Gasteiger partial charge is 0.251 e. The van der Waals surface area contributed by atoms with Gasteiger partial charge < -0.3 is 4.98 Å². The molecule has 1 N–H and O–H groups in total. The number of rotatable bonds is 1. The molecular formula is C23H22ClF3N2O. The van der Waals surface area contributed by atoms with Crippen LogP contribution in [-0.2, 0) is 0 Å². The van der Waals surface area contributed by atoms with Crippen molar-refractivity contribution < 1.29 is 13.2 Å². The Morgan fingerprint density at radius 2 is 2.03 bits per heavy atom. The lowest BCUT2D eigenvalue weighted by Gasteiger charge is -2.18. The Kier molecular flexibility index (Phi) is 5.62. The molecule has 2 aliphatic rings. The number of halogens is 4. The van der Waals surface area contributed by atoms with E-state index in [-0.39, 0.29) is 29.5 Å². The van der Waals surface area contributed by atoms with E-state index in [0.717, 1.165) is 17.6 Å². The number of hydrogen-bond acceptors (Lipinski definition) is 2. The highest BCUT2D eigenvalue weighted by Gasteiger charge is 2.54. The third-order valence-corrected chi connectivity index (χ3v) is 6.79. The van der Waals surface area contributed by atoms with E-state index in [1.54, 1.807) is 37.4 Å². The Labute approximate surface area is 177 Å². The van der Waals surface area contributed by atoms with Crippen molar-refractivity contribution in [2.75, 3.05) is 0 Å². The van der Waals surface area contributed by atoms with Crippen LogP contribution in [0.5, 0.6) is 0 Å². The maximum Gasteiger partial charge on any atom is 0.251 e. The zero-order chi connectivity index (χ0) is 21.5. The number of nitrogens with one attached hydrogen (secondary N) is 1. The number of fused-ring (bicyclic) bond motifs is 2. The van der Waals surface area contributed by atoms with Gasteiger partial charge in [0.1, 0.15) is 5.82 Å². The molecule has 2 fully saturated rings. The van der Waals surface area contributed by atoms with Gasteiger partial charge in [0.05, 0.1) is 10.9 Å². The van der Waals surface area contributed by atoms with E-state index in [1.807, 2.05) is 0 Å². The van der Waals surface area contributed by atoms with Crippen molar-refractivity contribution in [3.63, 3.8) is 0 Å². The lowest BCUT2D eigenvalue weighted by atomic mass is 9.97. The summed E-state index contributed by atoms with van der Waals surface area (Å²) in [4.78, 5) is 19.3. The van der Waals surface area contributed by atoms with Gasteiger partial charge in [0.25, 0.3) is 5.92 Å². The van der Waals surface area contributed by atoms with E-state index in [2.05, 4.69) is 9.97 Å². The van der Waals surface area contributed by atoms with E-state index in [4.69, 9.17) is 11.6 Å². The minimum atomic E-state index is -2.53. The molecule has 2 aliphatic carbocycles. The molecule has 3 unspecified atom stereocenters. The molecule has 2 heterocycles. The largest absolute Gasteiger partial charge is 0.358 e. The van der Waals surface area contributed by atoms with Gasteiger partial charge in [0.2, 0.25) is 0 Å². The van der Waals surface area contributed by atoms with Crippen molar-refractivity contribution in [3.05, 3.63) is 75.0 Å². The summed E-state index contributed by atoms with van der Waals surface area (Å²) >= 11 is 5.57. The van der Waals surface area contributed by atoms with Gasteiger partial charge in [-0.2, -0.15) is 0 Å². The summed E-state index contributed by atoms with van der Waals surface area (Å²) in [7, 11) is 0. The predicted octanol–water partition coefficient (Wildman–Crippen LogP) is 6.25. The number of nitrogens with zero attached hydrogens (tertiary/aromatic N) is 1. The minimum Gasteiger partial charge on any atom is -0.358 e. The molecule has 0 spiro atoms. The molecule has 2 aromatic heterocycles. The fourth-order valence-electron chi connectivity index (χ4n) is 4.69. The van der Waals surface area contributed by atoms with Gasteiger partial charge in [0.15, 0.2) is 5.43 Å². The number of H-pyrrole nitrogens is 1. The number of pyridine rings is 2. The van der Waals surface area contributed by atoms with Gasteiger partial charge in [-0.25, -0.2) is 13.2 Å². The zero-order valence-corrected chi connectivity index (χ0v) is 17.2. The maximum atomic E-state index is 13.8. The van der Waals surface area contributed by atoms with Crippen LogP contribution in [0.3, 0.4) is 0 Å². The number of benzene rings is 1. The molecule has 0 aliphatic heterocycles. The summed E-state index contributed by atoms with van der Waals surface area (Å²) in [6, 6.07) is 7.96. The quantitative estimate of drug-likeness (QED) is 0.492. The summed E-state index contributed by atoms with van der Waals surface area (Å²) in [6.45, 7) is 1.65. The van der Waals surface area contributed by atoms with Gasteiger partial charge in [0, 0.05) is 47.1 Å². The van der Waals surface area contributed by atoms with E-state index in [1.165, 1.54) is 12.3 Å². The second kappa shape index (κ2) is 8.06. The molecule has 3 atom stereocenters. The van der Waals surface area contributed by atoms with E-state index in [9.17, 15) is 18.0 Å². The topological polar surface area (TPSA) is 45.8 Å². The Balaban J connectivity index is 0.000000204. The normalized spacial score (nSPS) is 24.4. The average Bonchev–Trinajstić information content (AvgIpc) is 3.27. The number of hydrogen-bond donors (Lipinski definition) is 1. The van der Waals surface area contributed by atoms with Crippen molar-refractivity contribution in [3.8, 4) is 0 Å². The van der Waals surface area contributed by atoms with Crippen LogP contribution in [0.15, 0.2) is 47.5 Å². The second-order valence-corrected chi connectivity index (χ2v) is 8.60. The van der Waals surface area contributed by atoms with Crippen LogP contribution in [0.25, 0.3) is 10.9 Å². The third kappa shape index (κ3) is 3.97. The first-order chi connectivity index (χ1) is 14.3. The van der Waals surface area contributed by atoms with Crippen LogP contribution in [0.1, 0.15) is 42.9 Å². The van der Waals surface area contributed by atoms with Gasteiger partial charge >= 0.3 is 0 Å². The van der Waals surface area contributed by atoms with Gasteiger partial charge in [-0.05, 0) is 56.2 Å². The zero-order valence-electron chi connectivity index (χ0n) is 16.5. The summed E-state index contributed by atoms with van der Waals surface area (Å²) < 4.78 is 40.2. The van der Waals surface area contributed by atoms with Gasteiger partial charge in [-0.15, -0.1) is 0 Å². The molecular weight excluding hydrogens is 413 g/mol. The molecule has 2 saturated carbocycles. The van der Waals surface area contributed by atoms with Crippen LogP contribution in [0, 0.1) is 24.6 Å². The summed E-state index contributed by atoms with van der Waals surface area (Å²) in [5.41, 5.74) is 1.95. The standard InChI is InChI=1S/C16H16F2N2O.C7H6ClF/c17-16(18)3-1-9-5-10(6-12(9)16)14-7-15(21)11-8-19-4-2-13(11)20-14;1-5-6(8)3-2-4-7(5)9/h2,4,7-10,12H,1,3,5-6H2,(H,20,21);2-4H,1H3. The second-order valence-electron chi connectivity index (χ2n) is 8.19. The first-order valence-electron chi connectivity index (χ1n) is 10.0. The molecule has 0 radical (unpaired) electrons. The maximum absolute atomic E-state index is 13.8. The highest BCUT2D eigenvalue weighted by Crippen LogP contribution is 2.56. The third-order valence-electron chi connectivity index (χ3n) is 6.38. The lowest BCUT2D eigenvalue weighted by molar-refractivity contribution is -0.0412. The molecule has 158 valence electrons. The molecule has 0 amide bonds. The van der Waals surface area contributed by atoms with Crippen LogP contribution in [0.4, 0.5) is 13.2 Å². The monoisotopic (exact) mass is 434 g/mol. The first kappa shape index (κ1) is 20.9. The minimum absolute atomic E-state index is 0.0228. The van der Waals surface area contributed by atoms with Crippen molar-refractivity contribution in [1.29, 1.82) is 0 Å². The van der Waals surface area contributed by atoms with Gasteiger partial charge in [-0.3, -0.25) is 9.78 Å².